The third kappa shape index (κ3) is 5.43. The second-order valence-corrected chi connectivity index (χ2v) is 5.79. The Hall–Kier alpha value is -1.20. The van der Waals surface area contributed by atoms with Crippen LogP contribution in [0.5, 0.6) is 0 Å². The van der Waals surface area contributed by atoms with Crippen LogP contribution in [0.4, 0.5) is 5.69 Å². The maximum Gasteiger partial charge on any atom is 0.338 e. The number of ether oxygens (including phenoxy) is 1. The predicted octanol–water partition coefficient (Wildman–Crippen LogP) is 3.58. The molecule has 0 amide bonds. The van der Waals surface area contributed by atoms with Gasteiger partial charge in [0.15, 0.2) is 0 Å². The number of aromatic carboxylic acids is 1. The first-order valence-electron chi connectivity index (χ1n) is 6.78. The van der Waals surface area contributed by atoms with Gasteiger partial charge >= 0.3 is 5.97 Å². The lowest BCUT2D eigenvalue weighted by Gasteiger charge is -2.12. The van der Waals surface area contributed by atoms with E-state index in [1.807, 2.05) is 18.4 Å². The van der Waals surface area contributed by atoms with Crippen LogP contribution in [0.2, 0.25) is 0 Å². The summed E-state index contributed by atoms with van der Waals surface area (Å²) in [7, 11) is 0. The minimum atomic E-state index is -0.895. The summed E-state index contributed by atoms with van der Waals surface area (Å²) in [5, 5.41) is 12.5. The number of benzene rings is 1. The van der Waals surface area contributed by atoms with Gasteiger partial charge in [-0.1, -0.05) is 19.9 Å². The first kappa shape index (κ1) is 16.9. The first-order chi connectivity index (χ1) is 9.56. The van der Waals surface area contributed by atoms with Crippen molar-refractivity contribution in [1.82, 2.24) is 0 Å². The van der Waals surface area contributed by atoms with E-state index in [1.165, 1.54) is 11.8 Å². The summed E-state index contributed by atoms with van der Waals surface area (Å²) >= 11 is 1.44. The van der Waals surface area contributed by atoms with Crippen LogP contribution in [0.25, 0.3) is 0 Å². The monoisotopic (exact) mass is 297 g/mol. The molecule has 1 aromatic rings. The van der Waals surface area contributed by atoms with Crippen molar-refractivity contribution in [3.8, 4) is 0 Å². The van der Waals surface area contributed by atoms with E-state index >= 15 is 0 Å². The van der Waals surface area contributed by atoms with Crippen LogP contribution < -0.4 is 5.32 Å². The number of hydrogen-bond acceptors (Lipinski definition) is 4. The van der Waals surface area contributed by atoms with Gasteiger partial charge in [-0.05, 0) is 30.7 Å². The molecule has 0 saturated carbocycles. The molecule has 0 radical (unpaired) electrons. The minimum Gasteiger partial charge on any atom is -0.478 e. The average Bonchev–Trinajstić information content (AvgIpc) is 2.41. The molecule has 5 heteroatoms. The molecule has 2 N–H and O–H groups in total. The Balaban J connectivity index is 2.49. The van der Waals surface area contributed by atoms with E-state index in [4.69, 9.17) is 4.74 Å². The van der Waals surface area contributed by atoms with E-state index in [-0.39, 0.29) is 0 Å². The Morgan fingerprint density at radius 2 is 2.20 bits per heavy atom. The Morgan fingerprint density at radius 3 is 2.80 bits per heavy atom. The maximum atomic E-state index is 11.3. The van der Waals surface area contributed by atoms with Crippen molar-refractivity contribution in [2.75, 3.05) is 31.3 Å². The molecular formula is C15H23NO3S. The van der Waals surface area contributed by atoms with Gasteiger partial charge in [0.1, 0.15) is 0 Å². The molecule has 0 aliphatic heterocycles. The molecule has 112 valence electrons. The van der Waals surface area contributed by atoms with E-state index in [2.05, 4.69) is 19.2 Å². The second-order valence-electron chi connectivity index (χ2n) is 4.94. The predicted molar refractivity (Wildman–Crippen MR) is 83.9 cm³/mol. The topological polar surface area (TPSA) is 58.6 Å². The van der Waals surface area contributed by atoms with Crippen molar-refractivity contribution in [1.29, 1.82) is 0 Å². The molecule has 0 aliphatic rings. The minimum absolute atomic E-state index is 0.350. The maximum absolute atomic E-state index is 11.3. The van der Waals surface area contributed by atoms with Crippen molar-refractivity contribution in [3.05, 3.63) is 23.8 Å². The summed E-state index contributed by atoms with van der Waals surface area (Å²) in [6, 6.07) is 5.50. The van der Waals surface area contributed by atoms with Crippen LogP contribution in [-0.2, 0) is 4.74 Å². The third-order valence-electron chi connectivity index (χ3n) is 2.69. The van der Waals surface area contributed by atoms with Gasteiger partial charge in [-0.3, -0.25) is 0 Å². The number of hydrogen-bond donors (Lipinski definition) is 2. The first-order valence-corrected chi connectivity index (χ1v) is 8.00. The fraction of sp³-hybridized carbons (Fsp3) is 0.533. The molecule has 20 heavy (non-hydrogen) atoms. The largest absolute Gasteiger partial charge is 0.478 e. The van der Waals surface area contributed by atoms with Gasteiger partial charge in [0.25, 0.3) is 0 Å². The van der Waals surface area contributed by atoms with Crippen molar-refractivity contribution in [2.24, 2.45) is 5.92 Å². The van der Waals surface area contributed by atoms with Crippen LogP contribution in [0, 0.1) is 5.92 Å². The van der Waals surface area contributed by atoms with Gasteiger partial charge in [-0.2, -0.15) is 0 Å². The Bertz CT molecular complexity index is 435. The zero-order chi connectivity index (χ0) is 15.0. The molecule has 0 fully saturated rings. The third-order valence-corrected chi connectivity index (χ3v) is 3.47. The quantitative estimate of drug-likeness (QED) is 0.539. The summed E-state index contributed by atoms with van der Waals surface area (Å²) in [5.41, 5.74) is 1.02. The molecular weight excluding hydrogens is 274 g/mol. The summed E-state index contributed by atoms with van der Waals surface area (Å²) in [5.74, 6) is -0.353. The molecule has 0 aliphatic carbocycles. The van der Waals surface area contributed by atoms with Crippen LogP contribution in [-0.4, -0.2) is 37.1 Å². The number of thioether (sulfide) groups is 1. The van der Waals surface area contributed by atoms with Gasteiger partial charge in [0, 0.05) is 30.3 Å². The molecule has 0 saturated heterocycles. The van der Waals surface area contributed by atoms with Crippen molar-refractivity contribution >= 4 is 23.4 Å². The normalized spacial score (nSPS) is 10.8. The molecule has 1 aromatic carbocycles. The van der Waals surface area contributed by atoms with Crippen LogP contribution in [0.1, 0.15) is 30.6 Å². The number of carboxylic acids is 1. The van der Waals surface area contributed by atoms with Gasteiger partial charge in [0.05, 0.1) is 5.56 Å². The Kier molecular flexibility index (Phi) is 7.47. The smallest absolute Gasteiger partial charge is 0.338 e. The number of rotatable bonds is 9. The molecule has 1 rings (SSSR count). The highest BCUT2D eigenvalue weighted by molar-refractivity contribution is 7.98. The van der Waals surface area contributed by atoms with Crippen molar-refractivity contribution in [3.63, 3.8) is 0 Å². The fourth-order valence-electron chi connectivity index (χ4n) is 1.79. The molecule has 0 spiro atoms. The molecule has 4 nitrogen and oxygen atoms in total. The van der Waals surface area contributed by atoms with Gasteiger partial charge in [0.2, 0.25) is 0 Å². The van der Waals surface area contributed by atoms with E-state index in [0.717, 1.165) is 17.9 Å². The molecule has 0 heterocycles. The lowest BCUT2D eigenvalue weighted by Crippen LogP contribution is -2.11. The standard InChI is InChI=1S/C15H23NO3S/c1-11(2)10-19-9-5-8-16-12-6-4-7-13(20-3)14(12)15(17)18/h4,6-7,11,16H,5,8-10H2,1-3H3,(H,17,18). The van der Waals surface area contributed by atoms with Crippen molar-refractivity contribution in [2.45, 2.75) is 25.2 Å². The summed E-state index contributed by atoms with van der Waals surface area (Å²) in [6.45, 7) is 6.39. The second kappa shape index (κ2) is 8.87. The van der Waals surface area contributed by atoms with E-state index in [9.17, 15) is 9.90 Å². The van der Waals surface area contributed by atoms with Crippen LogP contribution >= 0.6 is 11.8 Å². The van der Waals surface area contributed by atoms with E-state index < -0.39 is 5.97 Å². The number of nitrogens with one attached hydrogen (secondary N) is 1. The highest BCUT2D eigenvalue weighted by atomic mass is 32.2. The van der Waals surface area contributed by atoms with Gasteiger partial charge in [-0.15, -0.1) is 11.8 Å². The summed E-state index contributed by atoms with van der Waals surface area (Å²) in [6.07, 6.45) is 2.74. The molecule has 0 unspecified atom stereocenters. The van der Waals surface area contributed by atoms with E-state index in [0.29, 0.717) is 30.3 Å². The van der Waals surface area contributed by atoms with Crippen LogP contribution in [0.15, 0.2) is 23.1 Å². The fourth-order valence-corrected chi connectivity index (χ4v) is 2.40. The van der Waals surface area contributed by atoms with Crippen LogP contribution in [0.3, 0.4) is 0 Å². The zero-order valence-electron chi connectivity index (χ0n) is 12.3. The Morgan fingerprint density at radius 1 is 1.45 bits per heavy atom. The SMILES string of the molecule is CSc1cccc(NCCCOCC(C)C)c1C(=O)O. The molecule has 0 aromatic heterocycles. The average molecular weight is 297 g/mol. The summed E-state index contributed by atoms with van der Waals surface area (Å²) < 4.78 is 5.50. The Labute approximate surface area is 124 Å². The van der Waals surface area contributed by atoms with Crippen molar-refractivity contribution < 1.29 is 14.6 Å². The highest BCUT2D eigenvalue weighted by Gasteiger charge is 2.14. The number of carboxylic acid groups (broad SMARTS) is 1. The number of carbonyl (C=O) groups is 1. The van der Waals surface area contributed by atoms with Gasteiger partial charge in [-0.25, -0.2) is 4.79 Å². The van der Waals surface area contributed by atoms with Gasteiger partial charge < -0.3 is 15.2 Å². The number of anilines is 1. The highest BCUT2D eigenvalue weighted by Crippen LogP contribution is 2.27. The molecule has 0 bridgehead atoms. The molecule has 0 atom stereocenters. The summed E-state index contributed by atoms with van der Waals surface area (Å²) in [4.78, 5) is 12.1. The lowest BCUT2D eigenvalue weighted by atomic mass is 10.1. The van der Waals surface area contributed by atoms with E-state index in [1.54, 1.807) is 6.07 Å². The lowest BCUT2D eigenvalue weighted by molar-refractivity contribution is 0.0694. The zero-order valence-corrected chi connectivity index (χ0v) is 13.1.